The Balaban J connectivity index is 2.21. The van der Waals surface area contributed by atoms with E-state index < -0.39 is 10.0 Å². The van der Waals surface area contributed by atoms with E-state index in [9.17, 15) is 8.42 Å². The Labute approximate surface area is 122 Å². The molecule has 5 nitrogen and oxygen atoms in total. The predicted molar refractivity (Wildman–Crippen MR) is 83.3 cm³/mol. The number of anilines is 2. The summed E-state index contributed by atoms with van der Waals surface area (Å²) in [6.07, 6.45) is 0. The predicted octanol–water partition coefficient (Wildman–Crippen LogP) is 2.21. The summed E-state index contributed by atoms with van der Waals surface area (Å²) in [4.78, 5) is 2.49. The average molecular weight is 311 g/mol. The van der Waals surface area contributed by atoms with Gasteiger partial charge in [0.25, 0.3) is 0 Å². The number of sulfonamides is 1. The molecule has 0 radical (unpaired) electrons. The van der Waals surface area contributed by atoms with Crippen LogP contribution < -0.4 is 16.2 Å². The Morgan fingerprint density at radius 3 is 2.50 bits per heavy atom. The van der Waals surface area contributed by atoms with Gasteiger partial charge in [-0.25, -0.2) is 13.6 Å². The van der Waals surface area contributed by atoms with E-state index in [-0.39, 0.29) is 4.90 Å². The molecule has 2 rings (SSSR count). The molecule has 2 aromatic rings. The van der Waals surface area contributed by atoms with Crippen molar-refractivity contribution < 1.29 is 8.42 Å². The van der Waals surface area contributed by atoms with Crippen molar-refractivity contribution in [3.8, 4) is 0 Å². The maximum absolute atomic E-state index is 11.3. The highest BCUT2D eigenvalue weighted by Crippen LogP contribution is 2.25. The number of nitrogen functional groups attached to an aromatic ring is 1. The van der Waals surface area contributed by atoms with E-state index in [2.05, 4.69) is 25.2 Å². The molecule has 0 aliphatic rings. The molecule has 108 valence electrons. The first-order valence-corrected chi connectivity index (χ1v) is 8.36. The molecule has 0 atom stereocenters. The average Bonchev–Trinajstić information content (AvgIpc) is 2.66. The van der Waals surface area contributed by atoms with Crippen LogP contribution in [0.5, 0.6) is 0 Å². The van der Waals surface area contributed by atoms with Crippen LogP contribution in [-0.4, -0.2) is 8.42 Å². The molecule has 0 unspecified atom stereocenters. The lowest BCUT2D eigenvalue weighted by Crippen LogP contribution is -2.13. The van der Waals surface area contributed by atoms with E-state index in [1.165, 1.54) is 33.5 Å². The van der Waals surface area contributed by atoms with Gasteiger partial charge in [-0.05, 0) is 43.7 Å². The first-order chi connectivity index (χ1) is 9.27. The van der Waals surface area contributed by atoms with Gasteiger partial charge in [-0.3, -0.25) is 0 Å². The van der Waals surface area contributed by atoms with Crippen LogP contribution in [0.4, 0.5) is 11.4 Å². The van der Waals surface area contributed by atoms with Gasteiger partial charge in [-0.2, -0.15) is 0 Å². The van der Waals surface area contributed by atoms with Crippen LogP contribution in [-0.2, 0) is 16.6 Å². The lowest BCUT2D eigenvalue weighted by Gasteiger charge is -2.09. The zero-order valence-electron chi connectivity index (χ0n) is 11.3. The standard InChI is InChI=1S/C13H17N3O2S2/c1-8-5-10(19-9(8)2)7-16-13-6-11(20(15,17)18)3-4-12(13)14/h3-6,16H,7,14H2,1-2H3,(H2,15,17,18). The first-order valence-electron chi connectivity index (χ1n) is 5.99. The summed E-state index contributed by atoms with van der Waals surface area (Å²) in [6.45, 7) is 4.72. The number of benzene rings is 1. The number of thiophene rings is 1. The van der Waals surface area contributed by atoms with Gasteiger partial charge < -0.3 is 11.1 Å². The smallest absolute Gasteiger partial charge is 0.238 e. The van der Waals surface area contributed by atoms with Gasteiger partial charge in [0, 0.05) is 16.3 Å². The number of hydrogen-bond acceptors (Lipinski definition) is 5. The fourth-order valence-corrected chi connectivity index (χ4v) is 3.32. The Hall–Kier alpha value is -1.57. The highest BCUT2D eigenvalue weighted by Gasteiger charge is 2.10. The molecule has 0 aliphatic heterocycles. The van der Waals surface area contributed by atoms with Crippen molar-refractivity contribution in [2.45, 2.75) is 25.3 Å². The molecular weight excluding hydrogens is 294 g/mol. The van der Waals surface area contributed by atoms with Crippen LogP contribution in [0.1, 0.15) is 15.3 Å². The summed E-state index contributed by atoms with van der Waals surface area (Å²) in [6, 6.07) is 6.49. The minimum atomic E-state index is -3.72. The Kier molecular flexibility index (Phi) is 4.03. The topological polar surface area (TPSA) is 98.2 Å². The fourth-order valence-electron chi connectivity index (χ4n) is 1.78. The van der Waals surface area contributed by atoms with E-state index in [1.54, 1.807) is 11.3 Å². The third-order valence-electron chi connectivity index (χ3n) is 3.02. The molecule has 0 aliphatic carbocycles. The van der Waals surface area contributed by atoms with Crippen LogP contribution >= 0.6 is 11.3 Å². The summed E-state index contributed by atoms with van der Waals surface area (Å²) in [5.41, 5.74) is 8.14. The SMILES string of the molecule is Cc1cc(CNc2cc(S(N)(=O)=O)ccc2N)sc1C. The van der Waals surface area contributed by atoms with Gasteiger partial charge >= 0.3 is 0 Å². The van der Waals surface area contributed by atoms with E-state index in [0.29, 0.717) is 17.9 Å². The van der Waals surface area contributed by atoms with E-state index >= 15 is 0 Å². The lowest BCUT2D eigenvalue weighted by atomic mass is 10.2. The van der Waals surface area contributed by atoms with E-state index in [4.69, 9.17) is 10.9 Å². The van der Waals surface area contributed by atoms with Crippen LogP contribution in [0, 0.1) is 13.8 Å². The number of aryl methyl sites for hydroxylation is 2. The molecular formula is C13H17N3O2S2. The third-order valence-corrected chi connectivity index (χ3v) is 5.09. The normalized spacial score (nSPS) is 11.6. The molecule has 0 bridgehead atoms. The van der Waals surface area contributed by atoms with Gasteiger partial charge in [0.15, 0.2) is 0 Å². The molecule has 0 saturated carbocycles. The van der Waals surface area contributed by atoms with Crippen LogP contribution in [0.15, 0.2) is 29.2 Å². The quantitative estimate of drug-likeness (QED) is 0.754. The van der Waals surface area contributed by atoms with Gasteiger partial charge in [0.2, 0.25) is 10.0 Å². The monoisotopic (exact) mass is 311 g/mol. The van der Waals surface area contributed by atoms with Crippen LogP contribution in [0.3, 0.4) is 0 Å². The van der Waals surface area contributed by atoms with Crippen molar-refractivity contribution in [1.29, 1.82) is 0 Å². The molecule has 1 aromatic carbocycles. The minimum absolute atomic E-state index is 0.0488. The summed E-state index contributed by atoms with van der Waals surface area (Å²) < 4.78 is 22.7. The maximum atomic E-state index is 11.3. The number of hydrogen-bond donors (Lipinski definition) is 3. The molecule has 20 heavy (non-hydrogen) atoms. The van der Waals surface area contributed by atoms with E-state index in [1.807, 2.05) is 0 Å². The number of nitrogens with two attached hydrogens (primary N) is 2. The highest BCUT2D eigenvalue weighted by atomic mass is 32.2. The second kappa shape index (κ2) is 5.43. The van der Waals surface area contributed by atoms with Crippen molar-refractivity contribution in [3.63, 3.8) is 0 Å². The highest BCUT2D eigenvalue weighted by molar-refractivity contribution is 7.89. The van der Waals surface area contributed by atoms with E-state index in [0.717, 1.165) is 0 Å². The summed E-state index contributed by atoms with van der Waals surface area (Å²) >= 11 is 1.70. The molecule has 0 amide bonds. The number of rotatable bonds is 4. The molecule has 7 heteroatoms. The van der Waals surface area contributed by atoms with Crippen molar-refractivity contribution >= 4 is 32.7 Å². The Morgan fingerprint density at radius 2 is 1.95 bits per heavy atom. The van der Waals surface area contributed by atoms with Crippen molar-refractivity contribution in [3.05, 3.63) is 39.6 Å². The van der Waals surface area contributed by atoms with Crippen molar-refractivity contribution in [2.75, 3.05) is 11.1 Å². The maximum Gasteiger partial charge on any atom is 0.238 e. The van der Waals surface area contributed by atoms with Crippen molar-refractivity contribution in [1.82, 2.24) is 0 Å². The number of primary sulfonamides is 1. The lowest BCUT2D eigenvalue weighted by molar-refractivity contribution is 0.598. The van der Waals surface area contributed by atoms with Crippen LogP contribution in [0.25, 0.3) is 0 Å². The molecule has 1 heterocycles. The molecule has 5 N–H and O–H groups in total. The molecule has 0 fully saturated rings. The molecule has 0 saturated heterocycles. The second-order valence-corrected chi connectivity index (χ2v) is 7.50. The second-order valence-electron chi connectivity index (χ2n) is 4.60. The Bertz CT molecular complexity index is 717. The zero-order chi connectivity index (χ0) is 14.9. The van der Waals surface area contributed by atoms with Gasteiger partial charge in [-0.1, -0.05) is 0 Å². The third kappa shape index (κ3) is 3.30. The fraction of sp³-hybridized carbons (Fsp3) is 0.231. The number of nitrogens with one attached hydrogen (secondary N) is 1. The Morgan fingerprint density at radius 1 is 1.25 bits per heavy atom. The van der Waals surface area contributed by atoms with Gasteiger partial charge in [0.05, 0.1) is 16.3 Å². The van der Waals surface area contributed by atoms with Gasteiger partial charge in [-0.15, -0.1) is 11.3 Å². The largest absolute Gasteiger partial charge is 0.397 e. The summed E-state index contributed by atoms with van der Waals surface area (Å²) in [5, 5.41) is 8.26. The summed E-state index contributed by atoms with van der Waals surface area (Å²) in [5.74, 6) is 0. The van der Waals surface area contributed by atoms with Crippen molar-refractivity contribution in [2.24, 2.45) is 5.14 Å². The minimum Gasteiger partial charge on any atom is -0.397 e. The molecule has 0 spiro atoms. The molecule has 1 aromatic heterocycles. The zero-order valence-corrected chi connectivity index (χ0v) is 12.9. The van der Waals surface area contributed by atoms with Gasteiger partial charge in [0.1, 0.15) is 0 Å². The first kappa shape index (κ1) is 14.8. The summed E-state index contributed by atoms with van der Waals surface area (Å²) in [7, 11) is -3.72. The van der Waals surface area contributed by atoms with Crippen LogP contribution in [0.2, 0.25) is 0 Å².